The Morgan fingerprint density at radius 1 is 1.39 bits per heavy atom. The summed E-state index contributed by atoms with van der Waals surface area (Å²) >= 11 is 0. The molecule has 0 radical (unpaired) electrons. The molecular weight excluding hydrogens is 224 g/mol. The van der Waals surface area contributed by atoms with Crippen LogP contribution < -0.4 is 5.73 Å². The molecule has 1 aliphatic rings. The van der Waals surface area contributed by atoms with Crippen molar-refractivity contribution in [3.05, 3.63) is 29.8 Å². The highest BCUT2D eigenvalue weighted by Crippen LogP contribution is 2.30. The number of benzene rings is 1. The lowest BCUT2D eigenvalue weighted by Gasteiger charge is -2.19. The molecular formula is C15H22N2O. The van der Waals surface area contributed by atoms with Gasteiger partial charge in [-0.1, -0.05) is 19.1 Å². The molecule has 0 aromatic heterocycles. The molecule has 2 rings (SSSR count). The Hall–Kier alpha value is -1.51. The van der Waals surface area contributed by atoms with Crippen LogP contribution in [-0.4, -0.2) is 24.4 Å². The van der Waals surface area contributed by atoms with Crippen molar-refractivity contribution in [2.24, 2.45) is 5.92 Å². The second-order valence-corrected chi connectivity index (χ2v) is 5.49. The van der Waals surface area contributed by atoms with E-state index in [1.165, 1.54) is 18.4 Å². The Kier molecular flexibility index (Phi) is 3.90. The van der Waals surface area contributed by atoms with E-state index in [2.05, 4.69) is 6.92 Å². The minimum Gasteiger partial charge on any atom is -0.399 e. The van der Waals surface area contributed by atoms with Crippen LogP contribution in [0.4, 0.5) is 5.69 Å². The first-order valence-corrected chi connectivity index (χ1v) is 6.65. The second kappa shape index (κ2) is 5.42. The number of amides is 1. The Balaban J connectivity index is 1.87. The van der Waals surface area contributed by atoms with Crippen LogP contribution in [-0.2, 0) is 4.79 Å². The summed E-state index contributed by atoms with van der Waals surface area (Å²) in [5.41, 5.74) is 7.61. The van der Waals surface area contributed by atoms with Crippen molar-refractivity contribution < 1.29 is 4.79 Å². The van der Waals surface area contributed by atoms with Crippen molar-refractivity contribution in [2.75, 3.05) is 19.3 Å². The molecule has 98 valence electrons. The summed E-state index contributed by atoms with van der Waals surface area (Å²) < 4.78 is 0. The maximum absolute atomic E-state index is 12.1. The number of anilines is 1. The molecule has 1 fully saturated rings. The molecule has 1 saturated carbocycles. The molecule has 0 aliphatic heterocycles. The van der Waals surface area contributed by atoms with Gasteiger partial charge in [0.25, 0.3) is 0 Å². The lowest BCUT2D eigenvalue weighted by molar-refractivity contribution is -0.130. The number of nitrogen functional groups attached to an aromatic ring is 1. The van der Waals surface area contributed by atoms with Gasteiger partial charge in [0.2, 0.25) is 5.91 Å². The zero-order chi connectivity index (χ0) is 13.1. The van der Waals surface area contributed by atoms with Gasteiger partial charge < -0.3 is 10.6 Å². The quantitative estimate of drug-likeness (QED) is 0.812. The highest BCUT2D eigenvalue weighted by atomic mass is 16.2. The second-order valence-electron chi connectivity index (χ2n) is 5.49. The van der Waals surface area contributed by atoms with E-state index in [0.717, 1.165) is 18.2 Å². The van der Waals surface area contributed by atoms with E-state index in [1.807, 2.05) is 36.2 Å². The highest BCUT2D eigenvalue weighted by molar-refractivity contribution is 5.76. The van der Waals surface area contributed by atoms with Crippen LogP contribution in [0.2, 0.25) is 0 Å². The predicted octanol–water partition coefficient (Wildman–Crippen LogP) is 2.63. The van der Waals surface area contributed by atoms with Crippen LogP contribution in [0.25, 0.3) is 0 Å². The van der Waals surface area contributed by atoms with Crippen LogP contribution >= 0.6 is 0 Å². The molecule has 3 nitrogen and oxygen atoms in total. The lowest BCUT2D eigenvalue weighted by Crippen LogP contribution is -2.29. The number of hydrogen-bond donors (Lipinski definition) is 1. The summed E-state index contributed by atoms with van der Waals surface area (Å²) in [4.78, 5) is 13.9. The lowest BCUT2D eigenvalue weighted by atomic mass is 9.97. The van der Waals surface area contributed by atoms with Crippen molar-refractivity contribution in [1.29, 1.82) is 0 Å². The van der Waals surface area contributed by atoms with Crippen molar-refractivity contribution in [2.45, 2.75) is 32.1 Å². The molecule has 1 aliphatic carbocycles. The molecule has 1 aromatic rings. The Bertz CT molecular complexity index is 409. The maximum atomic E-state index is 12.1. The number of carbonyl (C=O) groups excluding carboxylic acids is 1. The molecule has 18 heavy (non-hydrogen) atoms. The van der Waals surface area contributed by atoms with E-state index in [0.29, 0.717) is 6.42 Å². The molecule has 0 saturated heterocycles. The van der Waals surface area contributed by atoms with Crippen LogP contribution in [0, 0.1) is 5.92 Å². The van der Waals surface area contributed by atoms with Gasteiger partial charge in [0.05, 0.1) is 0 Å². The van der Waals surface area contributed by atoms with Gasteiger partial charge in [0, 0.05) is 25.7 Å². The number of carbonyl (C=O) groups is 1. The minimum atomic E-state index is 0.242. The monoisotopic (exact) mass is 246 g/mol. The van der Waals surface area contributed by atoms with E-state index in [-0.39, 0.29) is 11.8 Å². The molecule has 1 unspecified atom stereocenters. The minimum absolute atomic E-state index is 0.242. The van der Waals surface area contributed by atoms with Crippen LogP contribution in [0.5, 0.6) is 0 Å². The van der Waals surface area contributed by atoms with Gasteiger partial charge in [-0.05, 0) is 42.4 Å². The summed E-state index contributed by atoms with van der Waals surface area (Å²) in [5.74, 6) is 1.25. The fraction of sp³-hybridized carbons (Fsp3) is 0.533. The zero-order valence-corrected chi connectivity index (χ0v) is 11.2. The standard InChI is InChI=1S/C15H22N2O/c1-11(13-5-7-14(16)8-6-13)9-15(18)17(2)10-12-3-4-12/h5-8,11-12H,3-4,9-10,16H2,1-2H3. The molecule has 3 heteroatoms. The third-order valence-electron chi connectivity index (χ3n) is 3.64. The Morgan fingerprint density at radius 2 is 2.00 bits per heavy atom. The van der Waals surface area contributed by atoms with Gasteiger partial charge in [-0.25, -0.2) is 0 Å². The fourth-order valence-corrected chi connectivity index (χ4v) is 2.15. The molecule has 0 heterocycles. The highest BCUT2D eigenvalue weighted by Gasteiger charge is 2.25. The van der Waals surface area contributed by atoms with Crippen molar-refractivity contribution >= 4 is 11.6 Å². The average molecular weight is 246 g/mol. The van der Waals surface area contributed by atoms with Crippen molar-refractivity contribution in [3.63, 3.8) is 0 Å². The van der Waals surface area contributed by atoms with E-state index in [4.69, 9.17) is 5.73 Å². The molecule has 1 atom stereocenters. The van der Waals surface area contributed by atoms with Gasteiger partial charge >= 0.3 is 0 Å². The van der Waals surface area contributed by atoms with E-state index >= 15 is 0 Å². The topological polar surface area (TPSA) is 46.3 Å². The first-order chi connectivity index (χ1) is 8.56. The first-order valence-electron chi connectivity index (χ1n) is 6.65. The smallest absolute Gasteiger partial charge is 0.222 e. The van der Waals surface area contributed by atoms with Crippen LogP contribution in [0.15, 0.2) is 24.3 Å². The molecule has 0 spiro atoms. The predicted molar refractivity (Wildman–Crippen MR) is 74.2 cm³/mol. The van der Waals surface area contributed by atoms with Gasteiger partial charge in [-0.2, -0.15) is 0 Å². The summed E-state index contributed by atoms with van der Waals surface area (Å²) in [6.45, 7) is 3.02. The Morgan fingerprint density at radius 3 is 2.56 bits per heavy atom. The molecule has 1 aromatic carbocycles. The molecule has 2 N–H and O–H groups in total. The van der Waals surface area contributed by atoms with Crippen LogP contribution in [0.1, 0.15) is 37.7 Å². The third-order valence-corrected chi connectivity index (χ3v) is 3.64. The van der Waals surface area contributed by atoms with Gasteiger partial charge in [-0.3, -0.25) is 4.79 Å². The van der Waals surface area contributed by atoms with E-state index in [9.17, 15) is 4.79 Å². The average Bonchev–Trinajstić information content (AvgIpc) is 3.13. The van der Waals surface area contributed by atoms with Crippen molar-refractivity contribution in [3.8, 4) is 0 Å². The number of rotatable bonds is 5. The Labute approximate surface area is 109 Å². The van der Waals surface area contributed by atoms with E-state index in [1.54, 1.807) is 0 Å². The van der Waals surface area contributed by atoms with Gasteiger partial charge in [0.1, 0.15) is 0 Å². The molecule has 0 bridgehead atoms. The van der Waals surface area contributed by atoms with Gasteiger partial charge in [0.15, 0.2) is 0 Å². The van der Waals surface area contributed by atoms with Gasteiger partial charge in [-0.15, -0.1) is 0 Å². The largest absolute Gasteiger partial charge is 0.399 e. The number of hydrogen-bond acceptors (Lipinski definition) is 2. The summed E-state index contributed by atoms with van der Waals surface area (Å²) in [5, 5.41) is 0. The van der Waals surface area contributed by atoms with Crippen LogP contribution in [0.3, 0.4) is 0 Å². The maximum Gasteiger partial charge on any atom is 0.222 e. The fourth-order valence-electron chi connectivity index (χ4n) is 2.15. The normalized spacial score (nSPS) is 16.3. The summed E-state index contributed by atoms with van der Waals surface area (Å²) in [7, 11) is 1.91. The summed E-state index contributed by atoms with van der Waals surface area (Å²) in [6, 6.07) is 7.80. The van der Waals surface area contributed by atoms with Crippen molar-refractivity contribution in [1.82, 2.24) is 4.90 Å². The number of nitrogens with two attached hydrogens (primary N) is 1. The first kappa shape index (κ1) is 12.9. The van der Waals surface area contributed by atoms with E-state index < -0.39 is 0 Å². The summed E-state index contributed by atoms with van der Waals surface area (Å²) in [6.07, 6.45) is 3.14. The third kappa shape index (κ3) is 3.49. The SMILES string of the molecule is CC(CC(=O)N(C)CC1CC1)c1ccc(N)cc1. The zero-order valence-electron chi connectivity index (χ0n) is 11.2. The molecule has 1 amide bonds. The number of nitrogens with zero attached hydrogens (tertiary/aromatic N) is 1.